The first-order valence-electron chi connectivity index (χ1n) is 8.54. The topological polar surface area (TPSA) is 117 Å². The Labute approximate surface area is 156 Å². The number of aryl methyl sites for hydroxylation is 1. The molecule has 1 aromatic heterocycles. The molecule has 0 saturated carbocycles. The largest absolute Gasteiger partial charge is 0.475 e. The zero-order valence-corrected chi connectivity index (χ0v) is 15.6. The molecule has 0 bridgehead atoms. The van der Waals surface area contributed by atoms with E-state index in [4.69, 9.17) is 9.52 Å². The second kappa shape index (κ2) is 7.53. The molecule has 1 saturated heterocycles. The van der Waals surface area contributed by atoms with Gasteiger partial charge in [-0.05, 0) is 49.6 Å². The van der Waals surface area contributed by atoms with Gasteiger partial charge in [-0.1, -0.05) is 12.5 Å². The van der Waals surface area contributed by atoms with E-state index in [0.29, 0.717) is 18.7 Å². The van der Waals surface area contributed by atoms with Crippen LogP contribution in [-0.2, 0) is 10.0 Å². The third-order valence-electron chi connectivity index (χ3n) is 4.42. The number of carbonyl (C=O) groups excluding carboxylic acids is 1. The maximum absolute atomic E-state index is 12.9. The molecule has 0 radical (unpaired) electrons. The van der Waals surface area contributed by atoms with Crippen LogP contribution in [0.3, 0.4) is 0 Å². The average Bonchev–Trinajstić information content (AvgIpc) is 3.14. The normalized spacial score (nSPS) is 15.4. The minimum atomic E-state index is -3.64. The van der Waals surface area contributed by atoms with Crippen molar-refractivity contribution in [2.45, 2.75) is 31.1 Å². The van der Waals surface area contributed by atoms with Crippen LogP contribution in [0, 0.1) is 6.92 Å². The quantitative estimate of drug-likeness (QED) is 0.808. The highest BCUT2D eigenvalue weighted by molar-refractivity contribution is 7.89. The Morgan fingerprint density at radius 2 is 1.74 bits per heavy atom. The molecule has 8 nitrogen and oxygen atoms in total. The van der Waals surface area contributed by atoms with Crippen LogP contribution in [-0.4, -0.2) is 42.8 Å². The van der Waals surface area contributed by atoms with E-state index in [1.807, 2.05) is 0 Å². The highest BCUT2D eigenvalue weighted by Gasteiger charge is 2.27. The number of aromatic carboxylic acids is 1. The number of nitrogens with zero attached hydrogens (tertiary/aromatic N) is 1. The molecule has 3 rings (SSSR count). The molecule has 1 amide bonds. The summed E-state index contributed by atoms with van der Waals surface area (Å²) >= 11 is 0. The minimum Gasteiger partial charge on any atom is -0.475 e. The van der Waals surface area contributed by atoms with Gasteiger partial charge in [0, 0.05) is 18.8 Å². The molecule has 2 aromatic rings. The van der Waals surface area contributed by atoms with Gasteiger partial charge in [-0.3, -0.25) is 4.79 Å². The second-order valence-corrected chi connectivity index (χ2v) is 8.27. The number of amides is 1. The van der Waals surface area contributed by atoms with Crippen molar-refractivity contribution < 1.29 is 27.5 Å². The van der Waals surface area contributed by atoms with Crippen molar-refractivity contribution in [2.24, 2.45) is 0 Å². The van der Waals surface area contributed by atoms with Gasteiger partial charge in [-0.2, -0.15) is 4.31 Å². The average molecular weight is 392 g/mol. The van der Waals surface area contributed by atoms with Crippen molar-refractivity contribution in [3.05, 3.63) is 47.4 Å². The number of carboxylic acids is 1. The Balaban J connectivity index is 1.84. The van der Waals surface area contributed by atoms with Gasteiger partial charge >= 0.3 is 5.97 Å². The molecule has 1 aliphatic rings. The minimum absolute atomic E-state index is 0.146. The van der Waals surface area contributed by atoms with E-state index in [0.717, 1.165) is 19.3 Å². The third-order valence-corrected chi connectivity index (χ3v) is 6.46. The summed E-state index contributed by atoms with van der Waals surface area (Å²) in [5.74, 6) is -2.46. The Kier molecular flexibility index (Phi) is 5.33. The van der Waals surface area contributed by atoms with Gasteiger partial charge in [0.2, 0.25) is 15.8 Å². The van der Waals surface area contributed by atoms with Gasteiger partial charge in [0.15, 0.2) is 5.76 Å². The fourth-order valence-corrected chi connectivity index (χ4v) is 4.74. The number of sulfonamides is 1. The van der Waals surface area contributed by atoms with E-state index in [9.17, 15) is 18.0 Å². The highest BCUT2D eigenvalue weighted by Crippen LogP contribution is 2.26. The van der Waals surface area contributed by atoms with Gasteiger partial charge < -0.3 is 14.8 Å². The van der Waals surface area contributed by atoms with Crippen molar-refractivity contribution in [1.29, 1.82) is 0 Å². The maximum Gasteiger partial charge on any atom is 0.371 e. The van der Waals surface area contributed by atoms with Crippen molar-refractivity contribution in [3.8, 4) is 0 Å². The molecule has 1 aliphatic heterocycles. The number of hydrogen-bond donors (Lipinski definition) is 2. The Hall–Kier alpha value is -2.65. The van der Waals surface area contributed by atoms with E-state index < -0.39 is 21.9 Å². The van der Waals surface area contributed by atoms with E-state index in [1.54, 1.807) is 19.1 Å². The first kappa shape index (κ1) is 19.1. The molecule has 27 heavy (non-hydrogen) atoms. The second-order valence-electron chi connectivity index (χ2n) is 6.37. The Morgan fingerprint density at radius 1 is 1.07 bits per heavy atom. The van der Waals surface area contributed by atoms with E-state index in [-0.39, 0.29) is 22.1 Å². The molecule has 0 atom stereocenters. The number of furan rings is 1. The van der Waals surface area contributed by atoms with Crippen LogP contribution in [0.25, 0.3) is 0 Å². The fourth-order valence-electron chi connectivity index (χ4n) is 2.97. The third kappa shape index (κ3) is 4.04. The summed E-state index contributed by atoms with van der Waals surface area (Å²) in [7, 11) is -3.64. The van der Waals surface area contributed by atoms with Gasteiger partial charge in [0.05, 0.1) is 4.90 Å². The number of hydrogen-bond acceptors (Lipinski definition) is 5. The van der Waals surface area contributed by atoms with Crippen LogP contribution in [0.15, 0.2) is 39.6 Å². The highest BCUT2D eigenvalue weighted by atomic mass is 32.2. The lowest BCUT2D eigenvalue weighted by molar-refractivity contribution is 0.0660. The predicted octanol–water partition coefficient (Wildman–Crippen LogP) is 2.71. The number of rotatable bonds is 5. The molecule has 1 fully saturated rings. The molecule has 0 unspecified atom stereocenters. The molecule has 2 N–H and O–H groups in total. The molecular weight excluding hydrogens is 372 g/mol. The molecular formula is C18H20N2O6S. The summed E-state index contributed by atoms with van der Waals surface area (Å²) in [6.45, 7) is 2.68. The molecule has 1 aromatic carbocycles. The van der Waals surface area contributed by atoms with Gasteiger partial charge in [0.25, 0.3) is 5.91 Å². The van der Waals surface area contributed by atoms with Crippen LogP contribution in [0.4, 0.5) is 5.69 Å². The smallest absolute Gasteiger partial charge is 0.371 e. The SMILES string of the molecule is Cc1ccc(NC(=O)c2ccc(C(=O)O)o2)cc1S(=O)(=O)N1CCCCC1. The van der Waals surface area contributed by atoms with Crippen LogP contribution in [0.1, 0.15) is 45.9 Å². The number of anilines is 1. The van der Waals surface area contributed by atoms with Crippen molar-refractivity contribution in [2.75, 3.05) is 18.4 Å². The summed E-state index contributed by atoms with van der Waals surface area (Å²) in [6, 6.07) is 7.05. The molecule has 0 aliphatic carbocycles. The number of carboxylic acid groups (broad SMARTS) is 1. The Bertz CT molecular complexity index is 973. The lowest BCUT2D eigenvalue weighted by Crippen LogP contribution is -2.36. The van der Waals surface area contributed by atoms with Gasteiger partial charge in [-0.15, -0.1) is 0 Å². The summed E-state index contributed by atoms with van der Waals surface area (Å²) < 4.78 is 32.3. The Morgan fingerprint density at radius 3 is 2.37 bits per heavy atom. The van der Waals surface area contributed by atoms with Crippen molar-refractivity contribution in [1.82, 2.24) is 4.31 Å². The maximum atomic E-state index is 12.9. The molecule has 9 heteroatoms. The lowest BCUT2D eigenvalue weighted by atomic mass is 10.2. The van der Waals surface area contributed by atoms with Crippen LogP contribution in [0.2, 0.25) is 0 Å². The summed E-state index contributed by atoms with van der Waals surface area (Å²) in [5.41, 5.74) is 0.874. The number of carbonyl (C=O) groups is 2. The lowest BCUT2D eigenvalue weighted by Gasteiger charge is -2.26. The monoisotopic (exact) mass is 392 g/mol. The molecule has 0 spiro atoms. The van der Waals surface area contributed by atoms with Crippen molar-refractivity contribution in [3.63, 3.8) is 0 Å². The first-order valence-corrected chi connectivity index (χ1v) is 9.98. The van der Waals surface area contributed by atoms with Crippen LogP contribution in [0.5, 0.6) is 0 Å². The van der Waals surface area contributed by atoms with E-state index >= 15 is 0 Å². The van der Waals surface area contributed by atoms with Crippen LogP contribution >= 0.6 is 0 Å². The fraction of sp³-hybridized carbons (Fsp3) is 0.333. The van der Waals surface area contributed by atoms with E-state index in [2.05, 4.69) is 5.32 Å². The zero-order chi connectivity index (χ0) is 19.6. The molecule has 2 heterocycles. The van der Waals surface area contributed by atoms with Gasteiger partial charge in [-0.25, -0.2) is 13.2 Å². The summed E-state index contributed by atoms with van der Waals surface area (Å²) in [4.78, 5) is 23.2. The summed E-state index contributed by atoms with van der Waals surface area (Å²) in [6.07, 6.45) is 2.68. The van der Waals surface area contributed by atoms with E-state index in [1.165, 1.54) is 22.5 Å². The number of nitrogens with one attached hydrogen (secondary N) is 1. The first-order chi connectivity index (χ1) is 12.8. The van der Waals surface area contributed by atoms with Crippen LogP contribution < -0.4 is 5.32 Å². The molecule has 144 valence electrons. The van der Waals surface area contributed by atoms with Gasteiger partial charge in [0.1, 0.15) is 0 Å². The predicted molar refractivity (Wildman–Crippen MR) is 97.4 cm³/mol. The number of benzene rings is 1. The summed E-state index contributed by atoms with van der Waals surface area (Å²) in [5, 5.41) is 11.4. The zero-order valence-electron chi connectivity index (χ0n) is 14.8. The standard InChI is InChI=1S/C18H20N2O6S/c1-12-5-6-13(19-17(21)14-7-8-15(26-14)18(22)23)11-16(12)27(24,25)20-9-3-2-4-10-20/h5-8,11H,2-4,9-10H2,1H3,(H,19,21)(H,22,23). The van der Waals surface area contributed by atoms with Crippen molar-refractivity contribution >= 4 is 27.6 Å². The number of piperidine rings is 1.